The van der Waals surface area contributed by atoms with E-state index in [0.717, 1.165) is 5.56 Å². The summed E-state index contributed by atoms with van der Waals surface area (Å²) in [5.74, 6) is 0.164. The number of nitrogens with two attached hydrogens (primary N) is 1. The Bertz CT molecular complexity index is 686. The molecule has 0 aliphatic heterocycles. The van der Waals surface area contributed by atoms with Crippen molar-refractivity contribution in [3.05, 3.63) is 47.9 Å². The number of rotatable bonds is 4. The van der Waals surface area contributed by atoms with Gasteiger partial charge in [-0.3, -0.25) is 4.98 Å². The molecule has 0 saturated heterocycles. The van der Waals surface area contributed by atoms with Gasteiger partial charge in [0.2, 0.25) is 10.0 Å². The van der Waals surface area contributed by atoms with Crippen LogP contribution in [0.3, 0.4) is 0 Å². The molecule has 0 spiro atoms. The van der Waals surface area contributed by atoms with Crippen LogP contribution >= 0.6 is 0 Å². The zero-order valence-corrected chi connectivity index (χ0v) is 11.2. The standard InChI is InChI=1S/C12H14N4O2S/c1-9-3-2-5-14-11(9)8-16-19(17,18)10-4-6-15-12(13)7-10/h2-7,16H,8H2,1H3,(H2,13,15). The summed E-state index contributed by atoms with van der Waals surface area (Å²) < 4.78 is 26.6. The summed E-state index contributed by atoms with van der Waals surface area (Å²) >= 11 is 0. The van der Waals surface area contributed by atoms with Crippen LogP contribution in [-0.4, -0.2) is 18.4 Å². The van der Waals surface area contributed by atoms with Crippen molar-refractivity contribution in [1.82, 2.24) is 14.7 Å². The number of nitrogens with one attached hydrogen (secondary N) is 1. The van der Waals surface area contributed by atoms with E-state index in [0.29, 0.717) is 5.69 Å². The molecule has 2 heterocycles. The quantitative estimate of drug-likeness (QED) is 0.863. The molecule has 7 heteroatoms. The Morgan fingerprint density at radius 2 is 2.05 bits per heavy atom. The topological polar surface area (TPSA) is 98.0 Å². The van der Waals surface area contributed by atoms with Crippen molar-refractivity contribution in [2.24, 2.45) is 0 Å². The van der Waals surface area contributed by atoms with Crippen LogP contribution < -0.4 is 10.5 Å². The van der Waals surface area contributed by atoms with Crippen LogP contribution in [0.1, 0.15) is 11.3 Å². The van der Waals surface area contributed by atoms with E-state index in [9.17, 15) is 8.42 Å². The molecule has 0 radical (unpaired) electrons. The van der Waals surface area contributed by atoms with Gasteiger partial charge < -0.3 is 5.73 Å². The van der Waals surface area contributed by atoms with Gasteiger partial charge in [-0.2, -0.15) is 0 Å². The molecule has 0 saturated carbocycles. The number of aromatic nitrogens is 2. The van der Waals surface area contributed by atoms with E-state index < -0.39 is 10.0 Å². The second-order valence-corrected chi connectivity index (χ2v) is 5.77. The summed E-state index contributed by atoms with van der Waals surface area (Å²) in [5, 5.41) is 0. The van der Waals surface area contributed by atoms with E-state index >= 15 is 0 Å². The number of pyridine rings is 2. The lowest BCUT2D eigenvalue weighted by atomic mass is 10.2. The van der Waals surface area contributed by atoms with Crippen molar-refractivity contribution in [2.75, 3.05) is 5.73 Å². The first-order chi connectivity index (χ1) is 8.99. The first-order valence-electron chi connectivity index (χ1n) is 5.61. The lowest BCUT2D eigenvalue weighted by Crippen LogP contribution is -2.24. The fraction of sp³-hybridized carbons (Fsp3) is 0.167. The fourth-order valence-corrected chi connectivity index (χ4v) is 2.55. The molecular weight excluding hydrogens is 264 g/mol. The van der Waals surface area contributed by atoms with Crippen LogP contribution in [0.4, 0.5) is 5.82 Å². The summed E-state index contributed by atoms with van der Waals surface area (Å²) in [6, 6.07) is 6.38. The van der Waals surface area contributed by atoms with Crippen LogP contribution in [0, 0.1) is 6.92 Å². The number of nitrogens with zero attached hydrogens (tertiary/aromatic N) is 2. The second kappa shape index (κ2) is 5.33. The smallest absolute Gasteiger partial charge is 0.241 e. The number of hydrogen-bond acceptors (Lipinski definition) is 5. The first kappa shape index (κ1) is 13.4. The fourth-order valence-electron chi connectivity index (χ4n) is 1.55. The van der Waals surface area contributed by atoms with Crippen LogP contribution in [-0.2, 0) is 16.6 Å². The molecule has 0 aromatic carbocycles. The van der Waals surface area contributed by atoms with E-state index in [1.807, 2.05) is 13.0 Å². The van der Waals surface area contributed by atoms with Crippen molar-refractivity contribution in [1.29, 1.82) is 0 Å². The molecule has 2 aromatic rings. The average Bonchev–Trinajstić information content (AvgIpc) is 2.38. The maximum atomic E-state index is 12.0. The second-order valence-electron chi connectivity index (χ2n) is 4.01. The van der Waals surface area contributed by atoms with Crippen LogP contribution in [0.5, 0.6) is 0 Å². The van der Waals surface area contributed by atoms with Gasteiger partial charge in [-0.15, -0.1) is 0 Å². The number of sulfonamides is 1. The van der Waals surface area contributed by atoms with Gasteiger partial charge in [-0.1, -0.05) is 6.07 Å². The number of anilines is 1. The van der Waals surface area contributed by atoms with Gasteiger partial charge in [-0.05, 0) is 24.6 Å². The van der Waals surface area contributed by atoms with E-state index in [-0.39, 0.29) is 17.3 Å². The van der Waals surface area contributed by atoms with Crippen molar-refractivity contribution in [3.8, 4) is 0 Å². The molecule has 0 aliphatic carbocycles. The van der Waals surface area contributed by atoms with Crippen LogP contribution in [0.2, 0.25) is 0 Å². The highest BCUT2D eigenvalue weighted by atomic mass is 32.2. The molecule has 0 unspecified atom stereocenters. The third-order valence-corrected chi connectivity index (χ3v) is 4.01. The predicted octanol–water partition coefficient (Wildman–Crippen LogP) is 0.846. The summed E-state index contributed by atoms with van der Waals surface area (Å²) in [5.41, 5.74) is 7.09. The minimum absolute atomic E-state index is 0.0913. The number of aryl methyl sites for hydroxylation is 1. The average molecular weight is 278 g/mol. The van der Waals surface area contributed by atoms with Gasteiger partial charge in [0.15, 0.2) is 0 Å². The molecule has 19 heavy (non-hydrogen) atoms. The maximum absolute atomic E-state index is 12.0. The zero-order chi connectivity index (χ0) is 13.9. The van der Waals surface area contributed by atoms with Gasteiger partial charge in [-0.25, -0.2) is 18.1 Å². The molecule has 0 aliphatic rings. The Labute approximate surface area is 111 Å². The molecule has 0 bridgehead atoms. The number of nitrogen functional groups attached to an aromatic ring is 1. The Morgan fingerprint density at radius 1 is 1.26 bits per heavy atom. The summed E-state index contributed by atoms with van der Waals surface area (Å²) in [4.78, 5) is 7.98. The lowest BCUT2D eigenvalue weighted by Gasteiger charge is -2.08. The Kier molecular flexibility index (Phi) is 3.77. The monoisotopic (exact) mass is 278 g/mol. The molecule has 2 rings (SSSR count). The van der Waals surface area contributed by atoms with Crippen molar-refractivity contribution >= 4 is 15.8 Å². The highest BCUT2D eigenvalue weighted by Crippen LogP contribution is 2.11. The van der Waals surface area contributed by atoms with E-state index in [1.165, 1.54) is 18.3 Å². The van der Waals surface area contributed by atoms with Gasteiger partial charge in [0.1, 0.15) is 5.82 Å². The molecular formula is C12H14N4O2S. The van der Waals surface area contributed by atoms with Gasteiger partial charge in [0.25, 0.3) is 0 Å². The molecule has 0 atom stereocenters. The van der Waals surface area contributed by atoms with Crippen LogP contribution in [0.15, 0.2) is 41.6 Å². The van der Waals surface area contributed by atoms with Gasteiger partial charge in [0, 0.05) is 18.5 Å². The predicted molar refractivity (Wildman–Crippen MR) is 71.6 cm³/mol. The number of hydrogen-bond donors (Lipinski definition) is 2. The first-order valence-corrected chi connectivity index (χ1v) is 7.09. The Morgan fingerprint density at radius 3 is 2.74 bits per heavy atom. The van der Waals surface area contributed by atoms with Crippen molar-refractivity contribution in [3.63, 3.8) is 0 Å². The third kappa shape index (κ3) is 3.27. The molecule has 0 fully saturated rings. The summed E-state index contributed by atoms with van der Waals surface area (Å²) in [7, 11) is -3.61. The highest BCUT2D eigenvalue weighted by Gasteiger charge is 2.14. The largest absolute Gasteiger partial charge is 0.384 e. The normalized spacial score (nSPS) is 11.4. The maximum Gasteiger partial charge on any atom is 0.241 e. The minimum Gasteiger partial charge on any atom is -0.384 e. The van der Waals surface area contributed by atoms with E-state index in [1.54, 1.807) is 12.3 Å². The van der Waals surface area contributed by atoms with Crippen LogP contribution in [0.25, 0.3) is 0 Å². The zero-order valence-electron chi connectivity index (χ0n) is 10.4. The van der Waals surface area contributed by atoms with E-state index in [2.05, 4.69) is 14.7 Å². The SMILES string of the molecule is Cc1cccnc1CNS(=O)(=O)c1ccnc(N)c1. The van der Waals surface area contributed by atoms with E-state index in [4.69, 9.17) is 5.73 Å². The van der Waals surface area contributed by atoms with Gasteiger partial charge in [0.05, 0.1) is 17.1 Å². The summed E-state index contributed by atoms with van der Waals surface area (Å²) in [6.07, 6.45) is 2.98. The molecule has 0 amide bonds. The third-order valence-electron chi connectivity index (χ3n) is 2.61. The molecule has 100 valence electrons. The molecule has 2 aromatic heterocycles. The Hall–Kier alpha value is -1.99. The van der Waals surface area contributed by atoms with Crippen molar-refractivity contribution < 1.29 is 8.42 Å². The highest BCUT2D eigenvalue weighted by molar-refractivity contribution is 7.89. The summed E-state index contributed by atoms with van der Waals surface area (Å²) in [6.45, 7) is 2.01. The molecule has 6 nitrogen and oxygen atoms in total. The Balaban J connectivity index is 2.17. The molecule has 3 N–H and O–H groups in total. The minimum atomic E-state index is -3.61. The van der Waals surface area contributed by atoms with Crippen molar-refractivity contribution in [2.45, 2.75) is 18.4 Å². The van der Waals surface area contributed by atoms with Gasteiger partial charge >= 0.3 is 0 Å². The lowest BCUT2D eigenvalue weighted by molar-refractivity contribution is 0.580.